The Morgan fingerprint density at radius 3 is 2.74 bits per heavy atom. The summed E-state index contributed by atoms with van der Waals surface area (Å²) in [6.07, 6.45) is 2.70. The average Bonchev–Trinajstić information content (AvgIpc) is 2.86. The second-order valence-electron chi connectivity index (χ2n) is 5.37. The molecule has 1 amide bonds. The molecule has 0 spiro atoms. The lowest BCUT2D eigenvalue weighted by molar-refractivity contribution is -0.122. The number of amides is 1. The average molecular weight is 262 g/mol. The number of nitrogens with one attached hydrogen (secondary N) is 2. The molecule has 1 aromatic rings. The van der Waals surface area contributed by atoms with Gasteiger partial charge >= 0.3 is 0 Å². The summed E-state index contributed by atoms with van der Waals surface area (Å²) in [4.78, 5) is 12.5. The second-order valence-corrected chi connectivity index (χ2v) is 5.37. The minimum Gasteiger partial charge on any atom is -0.508 e. The van der Waals surface area contributed by atoms with Crippen LogP contribution in [0, 0.1) is 13.8 Å². The Balaban J connectivity index is 2.21. The summed E-state index contributed by atoms with van der Waals surface area (Å²) < 4.78 is 0. The smallest absolute Gasteiger partial charge is 0.244 e. The van der Waals surface area contributed by atoms with Crippen molar-refractivity contribution in [1.29, 1.82) is 0 Å². The predicted octanol–water partition coefficient (Wildman–Crippen LogP) is 2.48. The van der Waals surface area contributed by atoms with Crippen LogP contribution in [-0.2, 0) is 4.79 Å². The van der Waals surface area contributed by atoms with E-state index in [-0.39, 0.29) is 11.7 Å². The van der Waals surface area contributed by atoms with Crippen LogP contribution in [0.15, 0.2) is 12.1 Å². The number of hydrogen-bond acceptors (Lipinski definition) is 3. The Hall–Kier alpha value is -1.55. The van der Waals surface area contributed by atoms with Gasteiger partial charge in [0.2, 0.25) is 5.91 Å². The van der Waals surface area contributed by atoms with Gasteiger partial charge in [0.25, 0.3) is 0 Å². The van der Waals surface area contributed by atoms with Crippen molar-refractivity contribution in [2.75, 3.05) is 11.9 Å². The van der Waals surface area contributed by atoms with Gasteiger partial charge in [-0.1, -0.05) is 6.92 Å². The molecular formula is C15H22N2O2. The fourth-order valence-electron chi connectivity index (χ4n) is 2.64. The topological polar surface area (TPSA) is 61.4 Å². The summed E-state index contributed by atoms with van der Waals surface area (Å²) >= 11 is 0. The fourth-order valence-corrected chi connectivity index (χ4v) is 2.64. The van der Waals surface area contributed by atoms with E-state index in [4.69, 9.17) is 0 Å². The number of aromatic hydroxyl groups is 1. The normalized spacial score (nSPS) is 22.5. The molecule has 0 bridgehead atoms. The molecule has 1 atom stereocenters. The van der Waals surface area contributed by atoms with Gasteiger partial charge in [-0.15, -0.1) is 0 Å². The van der Waals surface area contributed by atoms with Crippen LogP contribution >= 0.6 is 0 Å². The minimum absolute atomic E-state index is 0.0284. The van der Waals surface area contributed by atoms with E-state index in [9.17, 15) is 9.90 Å². The Kier molecular flexibility index (Phi) is 3.80. The van der Waals surface area contributed by atoms with E-state index >= 15 is 0 Å². The van der Waals surface area contributed by atoms with Crippen molar-refractivity contribution in [3.63, 3.8) is 0 Å². The zero-order valence-electron chi connectivity index (χ0n) is 11.8. The Morgan fingerprint density at radius 2 is 2.16 bits per heavy atom. The molecule has 4 heteroatoms. The maximum Gasteiger partial charge on any atom is 0.244 e. The second kappa shape index (κ2) is 5.21. The van der Waals surface area contributed by atoms with E-state index in [0.29, 0.717) is 0 Å². The number of benzene rings is 1. The van der Waals surface area contributed by atoms with Crippen molar-refractivity contribution in [2.24, 2.45) is 0 Å². The van der Waals surface area contributed by atoms with Crippen LogP contribution in [0.2, 0.25) is 0 Å². The summed E-state index contributed by atoms with van der Waals surface area (Å²) in [6.45, 7) is 6.64. The number of carbonyl (C=O) groups is 1. The lowest BCUT2D eigenvalue weighted by atomic mass is 9.93. The molecule has 1 saturated heterocycles. The predicted molar refractivity (Wildman–Crippen MR) is 76.5 cm³/mol. The third kappa shape index (κ3) is 2.59. The third-order valence-corrected chi connectivity index (χ3v) is 4.07. The van der Waals surface area contributed by atoms with E-state index in [1.165, 1.54) is 0 Å². The van der Waals surface area contributed by atoms with Crippen LogP contribution < -0.4 is 10.6 Å². The van der Waals surface area contributed by atoms with Crippen LogP contribution in [0.3, 0.4) is 0 Å². The van der Waals surface area contributed by atoms with Crippen molar-refractivity contribution < 1.29 is 9.90 Å². The van der Waals surface area contributed by atoms with Gasteiger partial charge in [-0.25, -0.2) is 0 Å². The van der Waals surface area contributed by atoms with Crippen LogP contribution in [0.25, 0.3) is 0 Å². The first-order valence-electron chi connectivity index (χ1n) is 6.85. The number of carbonyl (C=O) groups excluding carboxylic acids is 1. The highest BCUT2D eigenvalue weighted by atomic mass is 16.3. The van der Waals surface area contributed by atoms with Crippen LogP contribution in [0.5, 0.6) is 5.75 Å². The highest BCUT2D eigenvalue weighted by Gasteiger charge is 2.39. The van der Waals surface area contributed by atoms with E-state index in [1.807, 2.05) is 26.8 Å². The highest BCUT2D eigenvalue weighted by molar-refractivity contribution is 5.99. The van der Waals surface area contributed by atoms with E-state index in [0.717, 1.165) is 42.6 Å². The SMILES string of the molecule is CCC1(C(=O)Nc2cc(C)c(O)cc2C)CCCN1. The van der Waals surface area contributed by atoms with E-state index in [2.05, 4.69) is 10.6 Å². The number of rotatable bonds is 3. The van der Waals surface area contributed by atoms with E-state index in [1.54, 1.807) is 6.07 Å². The lowest BCUT2D eigenvalue weighted by Gasteiger charge is -2.27. The number of anilines is 1. The Morgan fingerprint density at radius 1 is 1.42 bits per heavy atom. The van der Waals surface area contributed by atoms with Gasteiger partial charge in [0.1, 0.15) is 5.75 Å². The molecule has 0 aromatic heterocycles. The zero-order chi connectivity index (χ0) is 14.0. The molecule has 1 aliphatic heterocycles. The van der Waals surface area contributed by atoms with Crippen LogP contribution in [0.4, 0.5) is 5.69 Å². The number of phenolic OH excluding ortho intramolecular Hbond substituents is 1. The van der Waals surface area contributed by atoms with Gasteiger partial charge in [0.05, 0.1) is 5.54 Å². The van der Waals surface area contributed by atoms with Gasteiger partial charge in [0, 0.05) is 5.69 Å². The number of aryl methyl sites for hydroxylation is 2. The molecule has 1 fully saturated rings. The molecule has 19 heavy (non-hydrogen) atoms. The molecule has 4 nitrogen and oxygen atoms in total. The summed E-state index contributed by atoms with van der Waals surface area (Å²) in [5, 5.41) is 16.0. The third-order valence-electron chi connectivity index (χ3n) is 4.07. The first kappa shape index (κ1) is 13.9. The van der Waals surface area contributed by atoms with Crippen LogP contribution in [0.1, 0.15) is 37.3 Å². The number of hydrogen-bond donors (Lipinski definition) is 3. The summed E-state index contributed by atoms with van der Waals surface area (Å²) in [7, 11) is 0. The molecule has 0 saturated carbocycles. The minimum atomic E-state index is -0.432. The number of phenols is 1. The van der Waals surface area contributed by atoms with Crippen LogP contribution in [-0.4, -0.2) is 23.1 Å². The molecule has 1 aromatic carbocycles. The molecule has 0 aliphatic carbocycles. The molecule has 104 valence electrons. The zero-order valence-corrected chi connectivity index (χ0v) is 11.8. The summed E-state index contributed by atoms with van der Waals surface area (Å²) in [5.74, 6) is 0.292. The van der Waals surface area contributed by atoms with Gasteiger partial charge in [-0.3, -0.25) is 4.79 Å². The Labute approximate surface area is 114 Å². The molecular weight excluding hydrogens is 240 g/mol. The van der Waals surface area contributed by atoms with E-state index < -0.39 is 5.54 Å². The van der Waals surface area contributed by atoms with Gasteiger partial charge in [-0.2, -0.15) is 0 Å². The highest BCUT2D eigenvalue weighted by Crippen LogP contribution is 2.28. The van der Waals surface area contributed by atoms with Gasteiger partial charge in [0.15, 0.2) is 0 Å². The van der Waals surface area contributed by atoms with Crippen molar-refractivity contribution >= 4 is 11.6 Å². The van der Waals surface area contributed by atoms with Crippen molar-refractivity contribution in [3.05, 3.63) is 23.3 Å². The molecule has 1 aliphatic rings. The fraction of sp³-hybridized carbons (Fsp3) is 0.533. The van der Waals surface area contributed by atoms with Crippen molar-refractivity contribution in [3.8, 4) is 5.75 Å². The Bertz CT molecular complexity index is 491. The van der Waals surface area contributed by atoms with Gasteiger partial charge < -0.3 is 15.7 Å². The summed E-state index contributed by atoms with van der Waals surface area (Å²) in [6, 6.07) is 3.51. The maximum atomic E-state index is 12.5. The van der Waals surface area contributed by atoms with Gasteiger partial charge in [-0.05, 0) is 62.9 Å². The molecule has 0 radical (unpaired) electrons. The summed E-state index contributed by atoms with van der Waals surface area (Å²) in [5.41, 5.74) is 1.99. The molecule has 1 unspecified atom stereocenters. The standard InChI is InChI=1S/C15H22N2O2/c1-4-15(6-5-7-16-15)14(19)17-12-8-11(3)13(18)9-10(12)2/h8-9,16,18H,4-7H2,1-3H3,(H,17,19). The molecule has 1 heterocycles. The lowest BCUT2D eigenvalue weighted by Crippen LogP contribution is -2.50. The van der Waals surface area contributed by atoms with Crippen molar-refractivity contribution in [2.45, 2.75) is 45.6 Å². The molecule has 3 N–H and O–H groups in total. The quantitative estimate of drug-likeness (QED) is 0.733. The first-order valence-corrected chi connectivity index (χ1v) is 6.85. The maximum absolute atomic E-state index is 12.5. The van der Waals surface area contributed by atoms with Crippen molar-refractivity contribution in [1.82, 2.24) is 5.32 Å². The monoisotopic (exact) mass is 262 g/mol. The largest absolute Gasteiger partial charge is 0.508 e. The molecule has 2 rings (SSSR count). The first-order chi connectivity index (χ1) is 8.98.